The van der Waals surface area contributed by atoms with Crippen LogP contribution in [0.15, 0.2) is 24.3 Å². The summed E-state index contributed by atoms with van der Waals surface area (Å²) in [6.07, 6.45) is 1.06. The zero-order valence-electron chi connectivity index (χ0n) is 11.4. The molecule has 7 heteroatoms. The van der Waals surface area contributed by atoms with Crippen LogP contribution in [0.1, 0.15) is 30.1 Å². The molecule has 0 unspecified atom stereocenters. The van der Waals surface area contributed by atoms with Crippen molar-refractivity contribution >= 4 is 15.9 Å². The van der Waals surface area contributed by atoms with E-state index >= 15 is 0 Å². The molecule has 0 spiro atoms. The van der Waals surface area contributed by atoms with Crippen LogP contribution >= 0.6 is 0 Å². The Morgan fingerprint density at radius 3 is 2.45 bits per heavy atom. The van der Waals surface area contributed by atoms with Crippen LogP contribution in [0.25, 0.3) is 0 Å². The first-order chi connectivity index (χ1) is 9.44. The van der Waals surface area contributed by atoms with Crippen LogP contribution in [0.2, 0.25) is 0 Å². The Labute approximate surface area is 118 Å². The number of halogens is 1. The topological polar surface area (TPSA) is 75.3 Å². The Balaban J connectivity index is 2.24. The standard InChI is InChI=1S/C13H19FN2O3S/c1-2-10-20(18,19)16-9-3-8-15-13(17)11-4-6-12(14)7-5-11/h4-7,16H,2-3,8-10H2,1H3,(H,15,17). The monoisotopic (exact) mass is 302 g/mol. The smallest absolute Gasteiger partial charge is 0.251 e. The molecule has 1 amide bonds. The predicted molar refractivity (Wildman–Crippen MR) is 75.4 cm³/mol. The summed E-state index contributed by atoms with van der Waals surface area (Å²) < 4.78 is 37.8. The zero-order chi connectivity index (χ0) is 15.0. The molecule has 2 N–H and O–H groups in total. The van der Waals surface area contributed by atoms with Crippen molar-refractivity contribution in [3.63, 3.8) is 0 Å². The van der Waals surface area contributed by atoms with Crippen LogP contribution < -0.4 is 10.0 Å². The van der Waals surface area contributed by atoms with E-state index in [4.69, 9.17) is 0 Å². The lowest BCUT2D eigenvalue weighted by molar-refractivity contribution is 0.0953. The minimum absolute atomic E-state index is 0.106. The number of sulfonamides is 1. The first-order valence-electron chi connectivity index (χ1n) is 6.45. The lowest BCUT2D eigenvalue weighted by atomic mass is 10.2. The molecular weight excluding hydrogens is 283 g/mol. The molecule has 0 bridgehead atoms. The molecular formula is C13H19FN2O3S. The van der Waals surface area contributed by atoms with Gasteiger partial charge in [0.1, 0.15) is 5.82 Å². The fourth-order valence-electron chi connectivity index (χ4n) is 1.56. The van der Waals surface area contributed by atoms with Crippen molar-refractivity contribution < 1.29 is 17.6 Å². The number of rotatable bonds is 8. The third kappa shape index (κ3) is 6.12. The summed E-state index contributed by atoms with van der Waals surface area (Å²) in [5, 5.41) is 2.64. The molecule has 0 fully saturated rings. The van der Waals surface area contributed by atoms with Crippen molar-refractivity contribution in [3.05, 3.63) is 35.6 Å². The van der Waals surface area contributed by atoms with Crippen LogP contribution in [0.3, 0.4) is 0 Å². The number of carbonyl (C=O) groups excluding carboxylic acids is 1. The first-order valence-corrected chi connectivity index (χ1v) is 8.11. The maximum Gasteiger partial charge on any atom is 0.251 e. The van der Waals surface area contributed by atoms with E-state index in [2.05, 4.69) is 10.0 Å². The van der Waals surface area contributed by atoms with Crippen LogP contribution in [0, 0.1) is 5.82 Å². The second-order valence-electron chi connectivity index (χ2n) is 4.33. The average molecular weight is 302 g/mol. The Hall–Kier alpha value is -1.47. The molecule has 0 saturated heterocycles. The highest BCUT2D eigenvalue weighted by molar-refractivity contribution is 7.89. The molecule has 0 aromatic heterocycles. The molecule has 1 aromatic rings. The van der Waals surface area contributed by atoms with Crippen LogP contribution in [0.5, 0.6) is 0 Å². The molecule has 1 aromatic carbocycles. The van der Waals surface area contributed by atoms with Gasteiger partial charge in [-0.2, -0.15) is 0 Å². The van der Waals surface area contributed by atoms with E-state index in [0.717, 1.165) is 0 Å². The number of amides is 1. The van der Waals surface area contributed by atoms with E-state index in [-0.39, 0.29) is 18.2 Å². The van der Waals surface area contributed by atoms with Crippen molar-refractivity contribution in [1.29, 1.82) is 0 Å². The summed E-state index contributed by atoms with van der Waals surface area (Å²) in [4.78, 5) is 11.6. The molecule has 112 valence electrons. The average Bonchev–Trinajstić information content (AvgIpc) is 2.38. The highest BCUT2D eigenvalue weighted by Crippen LogP contribution is 2.02. The normalized spacial score (nSPS) is 11.3. The number of hydrogen-bond donors (Lipinski definition) is 2. The quantitative estimate of drug-likeness (QED) is 0.710. The van der Waals surface area contributed by atoms with Gasteiger partial charge in [0.15, 0.2) is 0 Å². The molecule has 0 heterocycles. The summed E-state index contributed by atoms with van der Waals surface area (Å²) in [7, 11) is -3.19. The van der Waals surface area contributed by atoms with E-state index < -0.39 is 15.8 Å². The van der Waals surface area contributed by atoms with E-state index in [1.54, 1.807) is 6.92 Å². The number of nitrogens with one attached hydrogen (secondary N) is 2. The molecule has 0 aliphatic carbocycles. The maximum atomic E-state index is 12.7. The number of hydrogen-bond acceptors (Lipinski definition) is 3. The van der Waals surface area contributed by atoms with E-state index in [1.807, 2.05) is 0 Å². The summed E-state index contributed by atoms with van der Waals surface area (Å²) in [6.45, 7) is 2.43. The van der Waals surface area contributed by atoms with Gasteiger partial charge in [0.25, 0.3) is 5.91 Å². The lowest BCUT2D eigenvalue weighted by Gasteiger charge is -2.07. The lowest BCUT2D eigenvalue weighted by Crippen LogP contribution is -2.31. The highest BCUT2D eigenvalue weighted by Gasteiger charge is 2.08. The summed E-state index contributed by atoms with van der Waals surface area (Å²) in [6, 6.07) is 5.23. The SMILES string of the molecule is CCCS(=O)(=O)NCCCNC(=O)c1ccc(F)cc1. The van der Waals surface area contributed by atoms with Gasteiger partial charge in [-0.15, -0.1) is 0 Å². The minimum Gasteiger partial charge on any atom is -0.352 e. The second kappa shape index (κ2) is 7.96. The molecule has 1 rings (SSSR count). The molecule has 0 radical (unpaired) electrons. The van der Waals surface area contributed by atoms with Crippen molar-refractivity contribution in [3.8, 4) is 0 Å². The Kier molecular flexibility index (Phi) is 6.60. The highest BCUT2D eigenvalue weighted by atomic mass is 32.2. The predicted octanol–water partition coefficient (Wildman–Crippen LogP) is 1.28. The summed E-state index contributed by atoms with van der Waals surface area (Å²) in [5.74, 6) is -0.595. The number of benzene rings is 1. The van der Waals surface area contributed by atoms with E-state index in [9.17, 15) is 17.6 Å². The molecule has 5 nitrogen and oxygen atoms in total. The molecule has 0 saturated carbocycles. The summed E-state index contributed by atoms with van der Waals surface area (Å²) in [5.41, 5.74) is 0.373. The molecule has 0 atom stereocenters. The fraction of sp³-hybridized carbons (Fsp3) is 0.462. The van der Waals surface area contributed by atoms with Crippen molar-refractivity contribution in [1.82, 2.24) is 10.0 Å². The van der Waals surface area contributed by atoms with Crippen molar-refractivity contribution in [2.24, 2.45) is 0 Å². The molecule has 20 heavy (non-hydrogen) atoms. The fourth-order valence-corrected chi connectivity index (χ4v) is 2.70. The van der Waals surface area contributed by atoms with Gasteiger partial charge >= 0.3 is 0 Å². The van der Waals surface area contributed by atoms with Crippen molar-refractivity contribution in [2.75, 3.05) is 18.8 Å². The zero-order valence-corrected chi connectivity index (χ0v) is 12.2. The minimum atomic E-state index is -3.19. The van der Waals surface area contributed by atoms with Gasteiger partial charge in [-0.3, -0.25) is 4.79 Å². The Morgan fingerprint density at radius 1 is 1.20 bits per heavy atom. The third-order valence-electron chi connectivity index (χ3n) is 2.54. The van der Waals surface area contributed by atoms with Gasteiger partial charge in [0.05, 0.1) is 5.75 Å². The van der Waals surface area contributed by atoms with Crippen LogP contribution in [-0.4, -0.2) is 33.2 Å². The molecule has 0 aliphatic heterocycles. The van der Waals surface area contributed by atoms with Gasteiger partial charge in [-0.25, -0.2) is 17.5 Å². The van der Waals surface area contributed by atoms with Gasteiger partial charge in [0, 0.05) is 18.7 Å². The largest absolute Gasteiger partial charge is 0.352 e. The maximum absolute atomic E-state index is 12.7. The van der Waals surface area contributed by atoms with E-state index in [0.29, 0.717) is 24.9 Å². The van der Waals surface area contributed by atoms with E-state index in [1.165, 1.54) is 24.3 Å². The Bertz CT molecular complexity index is 529. The van der Waals surface area contributed by atoms with Crippen molar-refractivity contribution in [2.45, 2.75) is 19.8 Å². The number of carbonyl (C=O) groups is 1. The van der Waals surface area contributed by atoms with Gasteiger partial charge in [0.2, 0.25) is 10.0 Å². The van der Waals surface area contributed by atoms with Gasteiger partial charge in [-0.05, 0) is 37.1 Å². The van der Waals surface area contributed by atoms with Gasteiger partial charge < -0.3 is 5.32 Å². The van der Waals surface area contributed by atoms with Crippen LogP contribution in [-0.2, 0) is 10.0 Å². The summed E-state index contributed by atoms with van der Waals surface area (Å²) >= 11 is 0. The van der Waals surface area contributed by atoms with Crippen LogP contribution in [0.4, 0.5) is 4.39 Å². The van der Waals surface area contributed by atoms with Gasteiger partial charge in [-0.1, -0.05) is 6.92 Å². The third-order valence-corrected chi connectivity index (χ3v) is 4.13. The molecule has 0 aliphatic rings. The second-order valence-corrected chi connectivity index (χ2v) is 6.26. The Morgan fingerprint density at radius 2 is 1.85 bits per heavy atom. The first kappa shape index (κ1) is 16.6.